The van der Waals surface area contributed by atoms with E-state index in [1.165, 1.54) is 33.4 Å². The fourth-order valence-corrected chi connectivity index (χ4v) is 9.82. The van der Waals surface area contributed by atoms with Crippen molar-refractivity contribution < 1.29 is 4.74 Å². The molecule has 1 spiro atoms. The number of rotatable bonds is 6. The molecule has 0 bridgehead atoms. The summed E-state index contributed by atoms with van der Waals surface area (Å²) in [7, 11) is 0. The summed E-state index contributed by atoms with van der Waals surface area (Å²) in [6.45, 7) is 0. The zero-order chi connectivity index (χ0) is 41.0. The minimum Gasteiger partial charge on any atom is -0.456 e. The molecule has 1 atom stereocenters. The number of allylic oxidation sites excluding steroid dienone is 4. The first-order valence-corrected chi connectivity index (χ1v) is 21.3. The molecule has 9 aromatic rings. The van der Waals surface area contributed by atoms with Crippen LogP contribution in [0.25, 0.3) is 67.5 Å². The lowest BCUT2D eigenvalue weighted by Crippen LogP contribution is -2.32. The third-order valence-electron chi connectivity index (χ3n) is 12.8. The highest BCUT2D eigenvalue weighted by Crippen LogP contribution is 2.63. The van der Waals surface area contributed by atoms with E-state index in [0.717, 1.165) is 62.4 Å². The van der Waals surface area contributed by atoms with Crippen molar-refractivity contribution in [3.63, 3.8) is 0 Å². The van der Waals surface area contributed by atoms with Gasteiger partial charge in [0.1, 0.15) is 11.5 Å². The number of aromatic nitrogens is 3. The summed E-state index contributed by atoms with van der Waals surface area (Å²) >= 11 is 0. The van der Waals surface area contributed by atoms with Crippen LogP contribution in [0.15, 0.2) is 218 Å². The molecule has 0 N–H and O–H groups in total. The van der Waals surface area contributed by atoms with Gasteiger partial charge in [0.15, 0.2) is 17.5 Å². The van der Waals surface area contributed by atoms with E-state index in [0.29, 0.717) is 23.4 Å². The van der Waals surface area contributed by atoms with Crippen molar-refractivity contribution in [1.82, 2.24) is 15.0 Å². The number of para-hydroxylation sites is 2. The van der Waals surface area contributed by atoms with Gasteiger partial charge in [-0.15, -0.1) is 0 Å². The summed E-state index contributed by atoms with van der Waals surface area (Å²) in [6.07, 6.45) is 9.73. The molecule has 2 heterocycles. The Kier molecular flexibility index (Phi) is 8.49. The fourth-order valence-electron chi connectivity index (χ4n) is 9.82. The van der Waals surface area contributed by atoms with Gasteiger partial charge >= 0.3 is 0 Å². The molecule has 1 unspecified atom stereocenters. The number of nitrogens with zero attached hydrogens (tertiary/aromatic N) is 3. The molecule has 3 aliphatic rings. The molecule has 4 heteroatoms. The molecule has 0 radical (unpaired) electrons. The van der Waals surface area contributed by atoms with E-state index in [1.807, 2.05) is 6.07 Å². The van der Waals surface area contributed by atoms with Crippen LogP contribution in [0.5, 0.6) is 11.5 Å². The highest BCUT2D eigenvalue weighted by Gasteiger charge is 2.51. The Morgan fingerprint density at radius 2 is 0.871 bits per heavy atom. The van der Waals surface area contributed by atoms with Crippen molar-refractivity contribution in [1.29, 1.82) is 0 Å². The fraction of sp³-hybridized carbons (Fsp3) is 0.0517. The summed E-state index contributed by atoms with van der Waals surface area (Å²) in [5.74, 6) is 4.00. The van der Waals surface area contributed by atoms with Crippen molar-refractivity contribution >= 4 is 0 Å². The predicted molar refractivity (Wildman–Crippen MR) is 250 cm³/mol. The Balaban J connectivity index is 0.955. The standard InChI is InChI=1S/C58H39N3O/c1-3-14-38(15-4-1)40-26-32-43(33-27-40)55-59-56(44-34-28-41(29-35-44)39-16-5-2-6-17-39)61-57(60-55)45-36-30-42(31-37-45)46-20-13-24-52-54(46)62-53-25-12-11-23-51(53)58(52)49-21-9-7-18-47(49)48-19-8-10-22-50(48)58/h1-16,18-37,39H,17H2. The largest absolute Gasteiger partial charge is 0.456 e. The van der Waals surface area contributed by atoms with Gasteiger partial charge < -0.3 is 4.74 Å². The summed E-state index contributed by atoms with van der Waals surface area (Å²) in [5.41, 5.74) is 15.3. The average molecular weight is 794 g/mol. The average Bonchev–Trinajstić information content (AvgIpc) is 3.65. The number of hydrogen-bond acceptors (Lipinski definition) is 4. The first-order valence-electron chi connectivity index (χ1n) is 21.3. The van der Waals surface area contributed by atoms with E-state index in [2.05, 4.69) is 212 Å². The van der Waals surface area contributed by atoms with Crippen LogP contribution in [0.4, 0.5) is 0 Å². The van der Waals surface area contributed by atoms with Gasteiger partial charge in [-0.25, -0.2) is 15.0 Å². The van der Waals surface area contributed by atoms with E-state index in [-0.39, 0.29) is 0 Å². The maximum absolute atomic E-state index is 6.97. The first-order chi connectivity index (χ1) is 30.7. The summed E-state index contributed by atoms with van der Waals surface area (Å²) in [4.78, 5) is 15.3. The third kappa shape index (κ3) is 5.79. The third-order valence-corrected chi connectivity index (χ3v) is 12.8. The van der Waals surface area contributed by atoms with Crippen molar-refractivity contribution in [2.75, 3.05) is 0 Å². The van der Waals surface area contributed by atoms with Gasteiger partial charge in [0.05, 0.1) is 5.41 Å². The Bertz CT molecular complexity index is 3180. The zero-order valence-electron chi connectivity index (χ0n) is 33.8. The SMILES string of the molecule is C1=CCC(c2ccc(-c3nc(-c4ccc(-c5ccccc5)cc4)nc(-c4ccc(-c5cccc6c5Oc5ccccc5C65c6ccccc6-c6ccccc65)cc4)n3)cc2)C=C1. The maximum Gasteiger partial charge on any atom is 0.164 e. The van der Waals surface area contributed by atoms with Crippen LogP contribution in [0.3, 0.4) is 0 Å². The molecule has 1 aromatic heterocycles. The van der Waals surface area contributed by atoms with Crippen molar-refractivity contribution in [3.8, 4) is 79.0 Å². The van der Waals surface area contributed by atoms with E-state index in [4.69, 9.17) is 19.7 Å². The van der Waals surface area contributed by atoms with Crippen molar-refractivity contribution in [2.45, 2.75) is 17.8 Å². The predicted octanol–water partition coefficient (Wildman–Crippen LogP) is 14.3. The summed E-state index contributed by atoms with van der Waals surface area (Å²) in [5, 5.41) is 0. The summed E-state index contributed by atoms with van der Waals surface area (Å²) < 4.78 is 6.97. The molecule has 0 fully saturated rings. The van der Waals surface area contributed by atoms with Crippen LogP contribution < -0.4 is 4.74 Å². The number of hydrogen-bond donors (Lipinski definition) is 0. The molecule has 12 rings (SSSR count). The lowest BCUT2D eigenvalue weighted by molar-refractivity contribution is 0.438. The van der Waals surface area contributed by atoms with Gasteiger partial charge in [-0.3, -0.25) is 0 Å². The number of ether oxygens (including phenoxy) is 1. The smallest absolute Gasteiger partial charge is 0.164 e. The second-order valence-electron chi connectivity index (χ2n) is 16.2. The van der Waals surface area contributed by atoms with Crippen LogP contribution >= 0.6 is 0 Å². The van der Waals surface area contributed by atoms with E-state index in [1.54, 1.807) is 0 Å². The molecule has 62 heavy (non-hydrogen) atoms. The van der Waals surface area contributed by atoms with Gasteiger partial charge in [0.2, 0.25) is 0 Å². The van der Waals surface area contributed by atoms with E-state index < -0.39 is 5.41 Å². The van der Waals surface area contributed by atoms with Gasteiger partial charge in [0, 0.05) is 39.3 Å². The highest BCUT2D eigenvalue weighted by atomic mass is 16.5. The maximum atomic E-state index is 6.97. The molecule has 2 aliphatic carbocycles. The molecule has 1 aliphatic heterocycles. The molecule has 0 saturated carbocycles. The summed E-state index contributed by atoms with van der Waals surface area (Å²) in [6, 6.07) is 68.9. The van der Waals surface area contributed by atoms with Gasteiger partial charge in [-0.1, -0.05) is 212 Å². The Labute approximate surface area is 361 Å². The monoisotopic (exact) mass is 793 g/mol. The molecule has 292 valence electrons. The van der Waals surface area contributed by atoms with Crippen LogP contribution in [-0.4, -0.2) is 15.0 Å². The normalized spacial score (nSPS) is 15.0. The molecule has 0 saturated heterocycles. The lowest BCUT2D eigenvalue weighted by Gasteiger charge is -2.40. The quantitative estimate of drug-likeness (QED) is 0.168. The second-order valence-corrected chi connectivity index (χ2v) is 16.2. The van der Waals surface area contributed by atoms with E-state index >= 15 is 0 Å². The molecule has 0 amide bonds. The molecule has 8 aromatic carbocycles. The topological polar surface area (TPSA) is 47.9 Å². The second kappa shape index (κ2) is 14.6. The van der Waals surface area contributed by atoms with Crippen LogP contribution in [-0.2, 0) is 5.41 Å². The first kappa shape index (κ1) is 35.9. The van der Waals surface area contributed by atoms with Crippen molar-refractivity contribution in [3.05, 3.63) is 246 Å². The lowest BCUT2D eigenvalue weighted by atomic mass is 9.65. The molecular formula is C58H39N3O. The molecular weight excluding hydrogens is 755 g/mol. The zero-order valence-corrected chi connectivity index (χ0v) is 33.8. The molecule has 4 nitrogen and oxygen atoms in total. The van der Waals surface area contributed by atoms with Crippen LogP contribution in [0.1, 0.15) is 40.2 Å². The van der Waals surface area contributed by atoms with E-state index in [9.17, 15) is 0 Å². The van der Waals surface area contributed by atoms with Gasteiger partial charge in [0.25, 0.3) is 0 Å². The Morgan fingerprint density at radius 3 is 1.48 bits per heavy atom. The van der Waals surface area contributed by atoms with Crippen LogP contribution in [0, 0.1) is 0 Å². The minimum absolute atomic E-state index is 0.367. The number of benzene rings is 8. The Hall–Kier alpha value is -7.95. The van der Waals surface area contributed by atoms with Crippen LogP contribution in [0.2, 0.25) is 0 Å². The van der Waals surface area contributed by atoms with Gasteiger partial charge in [-0.2, -0.15) is 0 Å². The Morgan fingerprint density at radius 1 is 0.387 bits per heavy atom. The highest BCUT2D eigenvalue weighted by molar-refractivity contribution is 5.90. The number of fused-ring (bicyclic) bond motifs is 9. The van der Waals surface area contributed by atoms with Gasteiger partial charge in [-0.05, 0) is 57.0 Å². The minimum atomic E-state index is -0.521. The van der Waals surface area contributed by atoms with Crippen molar-refractivity contribution in [2.24, 2.45) is 0 Å².